The molecule has 0 aliphatic carbocycles. The van der Waals surface area contributed by atoms with Gasteiger partial charge >= 0.3 is 0 Å². The number of aliphatic hydroxyl groups is 1. The normalized spacial score (nSPS) is 13.1. The van der Waals surface area contributed by atoms with E-state index in [2.05, 4.69) is 41.0 Å². The van der Waals surface area contributed by atoms with Crippen molar-refractivity contribution in [3.8, 4) is 10.6 Å². The number of nitrogens with one attached hydrogen (secondary N) is 1. The van der Waals surface area contributed by atoms with Gasteiger partial charge in [-0.05, 0) is 23.8 Å². The second-order valence-corrected chi connectivity index (χ2v) is 6.95. The molecule has 2 rings (SSSR count). The van der Waals surface area contributed by atoms with Gasteiger partial charge in [0.2, 0.25) is 0 Å². The minimum Gasteiger partial charge on any atom is -0.392 e. The van der Waals surface area contributed by atoms with Crippen molar-refractivity contribution in [1.29, 1.82) is 0 Å². The van der Waals surface area contributed by atoms with Gasteiger partial charge in [0.25, 0.3) is 0 Å². The predicted molar refractivity (Wildman–Crippen MR) is 82.6 cm³/mol. The zero-order chi connectivity index (χ0) is 13.7. The minimum atomic E-state index is -0.260. The van der Waals surface area contributed by atoms with Crippen LogP contribution in [-0.2, 0) is 6.54 Å². The summed E-state index contributed by atoms with van der Waals surface area (Å²) in [5, 5.41) is 18.3. The summed E-state index contributed by atoms with van der Waals surface area (Å²) < 4.78 is 0. The van der Waals surface area contributed by atoms with Gasteiger partial charge in [-0.25, -0.2) is 4.98 Å². The van der Waals surface area contributed by atoms with Gasteiger partial charge in [0.05, 0.1) is 6.10 Å². The second-order valence-electron chi connectivity index (χ2n) is 5.06. The van der Waals surface area contributed by atoms with Crippen LogP contribution in [0.1, 0.15) is 25.1 Å². The van der Waals surface area contributed by atoms with Gasteiger partial charge in [-0.1, -0.05) is 13.8 Å². The Bertz CT molecular complexity index is 479. The Hall–Kier alpha value is -0.750. The highest BCUT2D eigenvalue weighted by Gasteiger charge is 2.08. The van der Waals surface area contributed by atoms with Crippen molar-refractivity contribution in [3.63, 3.8) is 0 Å². The van der Waals surface area contributed by atoms with E-state index in [0.717, 1.165) is 18.0 Å². The zero-order valence-corrected chi connectivity index (χ0v) is 12.9. The molecule has 1 atom stereocenters. The highest BCUT2D eigenvalue weighted by atomic mass is 32.1. The van der Waals surface area contributed by atoms with Gasteiger partial charge in [-0.15, -0.1) is 11.3 Å². The standard InChI is InChI=1S/C14H20N2OS2/c1-10(2)5-12(17)6-15-7-13-8-16-14(19-13)11-3-4-18-9-11/h3-4,8-10,12,15,17H,5-7H2,1-2H3. The van der Waals surface area contributed by atoms with Gasteiger partial charge in [0.1, 0.15) is 5.01 Å². The molecule has 2 aromatic heterocycles. The van der Waals surface area contributed by atoms with Crippen LogP contribution in [0.2, 0.25) is 0 Å². The third-order valence-electron chi connectivity index (χ3n) is 2.74. The molecule has 5 heteroatoms. The summed E-state index contributed by atoms with van der Waals surface area (Å²) in [5.41, 5.74) is 1.20. The van der Waals surface area contributed by atoms with Crippen LogP contribution in [0.5, 0.6) is 0 Å². The van der Waals surface area contributed by atoms with E-state index in [-0.39, 0.29) is 6.10 Å². The summed E-state index contributed by atoms with van der Waals surface area (Å²) in [5.74, 6) is 0.533. The van der Waals surface area contributed by atoms with E-state index in [1.54, 1.807) is 22.7 Å². The van der Waals surface area contributed by atoms with Crippen molar-refractivity contribution >= 4 is 22.7 Å². The fraction of sp³-hybridized carbons (Fsp3) is 0.500. The van der Waals surface area contributed by atoms with Gasteiger partial charge in [-0.2, -0.15) is 11.3 Å². The number of aromatic nitrogens is 1. The zero-order valence-electron chi connectivity index (χ0n) is 11.3. The molecule has 2 heterocycles. The number of thiophene rings is 1. The Labute approximate surface area is 122 Å². The van der Waals surface area contributed by atoms with Crippen LogP contribution >= 0.6 is 22.7 Å². The second kappa shape index (κ2) is 7.14. The van der Waals surface area contributed by atoms with Crippen LogP contribution < -0.4 is 5.32 Å². The van der Waals surface area contributed by atoms with Crippen LogP contribution in [-0.4, -0.2) is 22.7 Å². The van der Waals surface area contributed by atoms with Crippen LogP contribution in [0.25, 0.3) is 10.6 Å². The fourth-order valence-electron chi connectivity index (χ4n) is 1.90. The van der Waals surface area contributed by atoms with Crippen LogP contribution in [0.3, 0.4) is 0 Å². The molecule has 0 saturated carbocycles. The first-order valence-corrected chi connectivity index (χ1v) is 8.27. The molecule has 19 heavy (non-hydrogen) atoms. The smallest absolute Gasteiger partial charge is 0.124 e. The molecular formula is C14H20N2OS2. The van der Waals surface area contributed by atoms with Crippen molar-refractivity contribution in [3.05, 3.63) is 27.9 Å². The van der Waals surface area contributed by atoms with Crippen molar-refractivity contribution in [2.24, 2.45) is 5.92 Å². The maximum atomic E-state index is 9.78. The van der Waals surface area contributed by atoms with Crippen molar-refractivity contribution in [2.75, 3.05) is 6.54 Å². The Kier molecular flexibility index (Phi) is 5.51. The van der Waals surface area contributed by atoms with Gasteiger partial charge in [-0.3, -0.25) is 0 Å². The molecule has 0 aromatic carbocycles. The Morgan fingerprint density at radius 1 is 1.42 bits per heavy atom. The number of aliphatic hydroxyl groups excluding tert-OH is 1. The van der Waals surface area contributed by atoms with E-state index in [0.29, 0.717) is 12.5 Å². The topological polar surface area (TPSA) is 45.1 Å². The average molecular weight is 296 g/mol. The third-order valence-corrected chi connectivity index (χ3v) is 4.47. The minimum absolute atomic E-state index is 0.260. The molecule has 0 fully saturated rings. The number of hydrogen-bond donors (Lipinski definition) is 2. The maximum absolute atomic E-state index is 9.78. The molecule has 0 amide bonds. The molecule has 1 unspecified atom stereocenters. The molecule has 0 aliphatic heterocycles. The van der Waals surface area contributed by atoms with Gasteiger partial charge in [0.15, 0.2) is 0 Å². The first kappa shape index (κ1) is 14.7. The summed E-state index contributed by atoms with van der Waals surface area (Å²) in [6.07, 6.45) is 2.50. The van der Waals surface area contributed by atoms with E-state index >= 15 is 0 Å². The number of rotatable bonds is 7. The Balaban J connectivity index is 1.78. The predicted octanol–water partition coefficient (Wildman–Crippen LogP) is 3.37. The summed E-state index contributed by atoms with van der Waals surface area (Å²) in [6, 6.07) is 2.09. The molecule has 104 valence electrons. The Morgan fingerprint density at radius 3 is 2.95 bits per heavy atom. The quantitative estimate of drug-likeness (QED) is 0.823. The highest BCUT2D eigenvalue weighted by Crippen LogP contribution is 2.26. The van der Waals surface area contributed by atoms with Crippen LogP contribution in [0.4, 0.5) is 0 Å². The number of nitrogens with zero attached hydrogens (tertiary/aromatic N) is 1. The summed E-state index contributed by atoms with van der Waals surface area (Å²) in [7, 11) is 0. The van der Waals surface area contributed by atoms with E-state index in [4.69, 9.17) is 0 Å². The number of hydrogen-bond acceptors (Lipinski definition) is 5. The molecule has 2 N–H and O–H groups in total. The van der Waals surface area contributed by atoms with E-state index in [1.807, 2.05) is 6.20 Å². The van der Waals surface area contributed by atoms with E-state index in [1.165, 1.54) is 10.4 Å². The monoisotopic (exact) mass is 296 g/mol. The lowest BCUT2D eigenvalue weighted by Crippen LogP contribution is -2.27. The molecular weight excluding hydrogens is 276 g/mol. The summed E-state index contributed by atoms with van der Waals surface area (Å²) >= 11 is 3.40. The maximum Gasteiger partial charge on any atom is 0.124 e. The molecule has 2 aromatic rings. The van der Waals surface area contributed by atoms with Crippen molar-refractivity contribution < 1.29 is 5.11 Å². The lowest BCUT2D eigenvalue weighted by atomic mass is 10.1. The van der Waals surface area contributed by atoms with E-state index in [9.17, 15) is 5.11 Å². The van der Waals surface area contributed by atoms with Crippen LogP contribution in [0, 0.1) is 5.92 Å². The summed E-state index contributed by atoms with van der Waals surface area (Å²) in [6.45, 7) is 5.67. The highest BCUT2D eigenvalue weighted by molar-refractivity contribution is 7.15. The van der Waals surface area contributed by atoms with Gasteiger partial charge in [0, 0.05) is 35.1 Å². The van der Waals surface area contributed by atoms with E-state index < -0.39 is 0 Å². The average Bonchev–Trinajstić information content (AvgIpc) is 2.97. The van der Waals surface area contributed by atoms with Crippen LogP contribution in [0.15, 0.2) is 23.0 Å². The lowest BCUT2D eigenvalue weighted by molar-refractivity contribution is 0.146. The lowest BCUT2D eigenvalue weighted by Gasteiger charge is -2.13. The molecule has 0 saturated heterocycles. The number of thiazole rings is 1. The molecule has 0 bridgehead atoms. The molecule has 3 nitrogen and oxygen atoms in total. The van der Waals surface area contributed by atoms with Gasteiger partial charge < -0.3 is 10.4 Å². The summed E-state index contributed by atoms with van der Waals surface area (Å²) in [4.78, 5) is 5.63. The SMILES string of the molecule is CC(C)CC(O)CNCc1cnc(-c2ccsc2)s1. The molecule has 0 spiro atoms. The third kappa shape index (κ3) is 4.69. The molecule has 0 aliphatic rings. The first-order valence-electron chi connectivity index (χ1n) is 6.51. The first-order chi connectivity index (χ1) is 9.15. The largest absolute Gasteiger partial charge is 0.392 e. The fourth-order valence-corrected chi connectivity index (χ4v) is 3.49. The molecule has 0 radical (unpaired) electrons. The Morgan fingerprint density at radius 2 is 2.26 bits per heavy atom. The van der Waals surface area contributed by atoms with Crippen molar-refractivity contribution in [1.82, 2.24) is 10.3 Å². The van der Waals surface area contributed by atoms with Crippen molar-refractivity contribution in [2.45, 2.75) is 32.9 Å².